The third-order valence-corrected chi connectivity index (χ3v) is 3.91. The zero-order chi connectivity index (χ0) is 14.8. The predicted octanol–water partition coefficient (Wildman–Crippen LogP) is 3.48. The summed E-state index contributed by atoms with van der Waals surface area (Å²) in [6.45, 7) is 0.199. The summed E-state index contributed by atoms with van der Waals surface area (Å²) >= 11 is 3.36. The summed E-state index contributed by atoms with van der Waals surface area (Å²) in [6, 6.07) is 9.22. The van der Waals surface area contributed by atoms with Crippen molar-refractivity contribution in [1.29, 1.82) is 0 Å². The van der Waals surface area contributed by atoms with Crippen LogP contribution in [-0.2, 0) is 11.3 Å². The van der Waals surface area contributed by atoms with Crippen LogP contribution in [0.5, 0.6) is 0 Å². The Kier molecular flexibility index (Phi) is 3.92. The first-order chi connectivity index (χ1) is 10.1. The molecule has 21 heavy (non-hydrogen) atoms. The molecule has 0 spiro atoms. The Morgan fingerprint density at radius 2 is 2.10 bits per heavy atom. The highest BCUT2D eigenvalue weighted by Crippen LogP contribution is 2.32. The van der Waals surface area contributed by atoms with Crippen LogP contribution in [0.25, 0.3) is 0 Å². The van der Waals surface area contributed by atoms with E-state index in [-0.39, 0.29) is 24.2 Å². The Morgan fingerprint density at radius 3 is 2.81 bits per heavy atom. The molecule has 1 aliphatic rings. The highest BCUT2D eigenvalue weighted by molar-refractivity contribution is 9.10. The number of hydrogen-bond acceptors (Lipinski definition) is 2. The van der Waals surface area contributed by atoms with E-state index in [1.54, 1.807) is 23.0 Å². The molecule has 0 radical (unpaired) electrons. The van der Waals surface area contributed by atoms with Crippen molar-refractivity contribution < 1.29 is 9.59 Å². The number of nitrogens with zero attached hydrogens (tertiary/aromatic N) is 1. The molecule has 1 aromatic carbocycles. The number of aromatic nitrogens is 1. The third-order valence-electron chi connectivity index (χ3n) is 3.42. The van der Waals surface area contributed by atoms with Crippen LogP contribution < -0.4 is 5.32 Å². The quantitative estimate of drug-likeness (QED) is 0.842. The van der Waals surface area contributed by atoms with Gasteiger partial charge in [0, 0.05) is 34.0 Å². The molecule has 0 bridgehead atoms. The average Bonchev–Trinajstić information content (AvgIpc) is 3.18. The minimum Gasteiger partial charge on any atom is -0.344 e. The Labute approximate surface area is 131 Å². The molecular formula is C16H15BrN2O2. The number of benzene rings is 1. The van der Waals surface area contributed by atoms with Gasteiger partial charge in [0.25, 0.3) is 0 Å². The molecule has 1 aromatic heterocycles. The van der Waals surface area contributed by atoms with Crippen LogP contribution in [0.4, 0.5) is 5.69 Å². The van der Waals surface area contributed by atoms with Gasteiger partial charge in [-0.05, 0) is 37.1 Å². The van der Waals surface area contributed by atoms with Gasteiger partial charge >= 0.3 is 0 Å². The maximum atomic E-state index is 12.0. The second kappa shape index (κ2) is 5.85. The average molecular weight is 347 g/mol. The van der Waals surface area contributed by atoms with Crippen molar-refractivity contribution in [3.05, 3.63) is 52.8 Å². The van der Waals surface area contributed by atoms with E-state index < -0.39 is 0 Å². The lowest BCUT2D eigenvalue weighted by atomic mass is 10.1. The summed E-state index contributed by atoms with van der Waals surface area (Å²) in [4.78, 5) is 23.9. The largest absolute Gasteiger partial charge is 0.344 e. The molecule has 0 aliphatic heterocycles. The Morgan fingerprint density at radius 1 is 1.29 bits per heavy atom. The van der Waals surface area contributed by atoms with E-state index in [0.29, 0.717) is 5.56 Å². The summed E-state index contributed by atoms with van der Waals surface area (Å²) in [7, 11) is 0. The normalized spacial score (nSPS) is 14.0. The minimum absolute atomic E-state index is 0.117. The predicted molar refractivity (Wildman–Crippen MR) is 84.3 cm³/mol. The first-order valence-corrected chi connectivity index (χ1v) is 7.66. The Balaban J connectivity index is 1.61. The minimum atomic E-state index is -0.117. The van der Waals surface area contributed by atoms with Gasteiger partial charge < -0.3 is 9.88 Å². The second-order valence-corrected chi connectivity index (χ2v) is 6.19. The summed E-state index contributed by atoms with van der Waals surface area (Å²) < 4.78 is 2.65. The van der Waals surface area contributed by atoms with Gasteiger partial charge in [0.1, 0.15) is 6.54 Å². The summed E-state index contributed by atoms with van der Waals surface area (Å²) in [5, 5.41) is 2.83. The number of amides is 1. The van der Waals surface area contributed by atoms with E-state index >= 15 is 0 Å². The number of nitrogens with one attached hydrogen (secondary N) is 1. The molecule has 1 heterocycles. The highest BCUT2D eigenvalue weighted by Gasteiger charge is 2.30. The monoisotopic (exact) mass is 346 g/mol. The smallest absolute Gasteiger partial charge is 0.244 e. The van der Waals surface area contributed by atoms with Crippen LogP contribution >= 0.6 is 15.9 Å². The fourth-order valence-electron chi connectivity index (χ4n) is 2.20. The van der Waals surface area contributed by atoms with Gasteiger partial charge in [-0.25, -0.2) is 0 Å². The summed E-state index contributed by atoms with van der Waals surface area (Å²) in [5.74, 6) is 0.284. The zero-order valence-corrected chi connectivity index (χ0v) is 13.0. The molecular weight excluding hydrogens is 332 g/mol. The van der Waals surface area contributed by atoms with Crippen LogP contribution in [0.15, 0.2) is 47.2 Å². The maximum Gasteiger partial charge on any atom is 0.244 e. The van der Waals surface area contributed by atoms with E-state index in [9.17, 15) is 9.59 Å². The van der Waals surface area contributed by atoms with E-state index in [4.69, 9.17) is 0 Å². The maximum absolute atomic E-state index is 12.0. The van der Waals surface area contributed by atoms with Crippen molar-refractivity contribution in [2.45, 2.75) is 19.4 Å². The first-order valence-electron chi connectivity index (χ1n) is 6.87. The number of hydrogen-bond donors (Lipinski definition) is 1. The topological polar surface area (TPSA) is 51.1 Å². The Bertz CT molecular complexity index is 689. The molecule has 5 heteroatoms. The number of anilines is 1. The van der Waals surface area contributed by atoms with Gasteiger partial charge in [0.15, 0.2) is 5.78 Å². The molecule has 1 amide bonds. The number of carbonyl (C=O) groups is 2. The molecule has 1 aliphatic carbocycles. The molecule has 0 unspecified atom stereocenters. The van der Waals surface area contributed by atoms with Crippen molar-refractivity contribution in [3.8, 4) is 0 Å². The van der Waals surface area contributed by atoms with Crippen molar-refractivity contribution in [2.75, 3.05) is 5.32 Å². The van der Waals surface area contributed by atoms with Crippen molar-refractivity contribution in [3.63, 3.8) is 0 Å². The Hall–Kier alpha value is -1.88. The fourth-order valence-corrected chi connectivity index (χ4v) is 2.60. The van der Waals surface area contributed by atoms with E-state index in [1.807, 2.05) is 24.3 Å². The van der Waals surface area contributed by atoms with Crippen LogP contribution in [0.3, 0.4) is 0 Å². The molecule has 1 fully saturated rings. The number of rotatable bonds is 5. The van der Waals surface area contributed by atoms with Gasteiger partial charge in [0.05, 0.1) is 0 Å². The molecule has 2 aromatic rings. The molecule has 4 nitrogen and oxygen atoms in total. The number of carbonyl (C=O) groups excluding carboxylic acids is 2. The lowest BCUT2D eigenvalue weighted by molar-refractivity contribution is -0.116. The second-order valence-electron chi connectivity index (χ2n) is 5.27. The van der Waals surface area contributed by atoms with Gasteiger partial charge in [-0.2, -0.15) is 0 Å². The van der Waals surface area contributed by atoms with Gasteiger partial charge in [-0.3, -0.25) is 9.59 Å². The standard InChI is InChI=1S/C16H15BrN2O2/c17-13-2-1-3-14(8-13)18-15(20)10-19-7-6-12(9-19)16(21)11-4-5-11/h1-3,6-9,11H,4-5,10H2,(H,18,20). The van der Waals surface area contributed by atoms with Crippen LogP contribution in [-0.4, -0.2) is 16.3 Å². The van der Waals surface area contributed by atoms with E-state index in [2.05, 4.69) is 21.2 Å². The lowest BCUT2D eigenvalue weighted by Crippen LogP contribution is -2.17. The SMILES string of the molecule is O=C(Cn1ccc(C(=O)C2CC2)c1)Nc1cccc(Br)c1. The number of ketones is 1. The molecule has 0 atom stereocenters. The fraction of sp³-hybridized carbons (Fsp3) is 0.250. The molecule has 1 saturated carbocycles. The number of halogens is 1. The molecule has 0 saturated heterocycles. The van der Waals surface area contributed by atoms with Gasteiger partial charge in [0.2, 0.25) is 5.91 Å². The molecule has 1 N–H and O–H groups in total. The van der Waals surface area contributed by atoms with Gasteiger partial charge in [-0.15, -0.1) is 0 Å². The first kappa shape index (κ1) is 14.1. The number of Topliss-reactive ketones (excluding diaryl/α,β-unsaturated/α-hetero) is 1. The van der Waals surface area contributed by atoms with Crippen LogP contribution in [0.2, 0.25) is 0 Å². The summed E-state index contributed by atoms with van der Waals surface area (Å²) in [6.07, 6.45) is 5.51. The van der Waals surface area contributed by atoms with Gasteiger partial charge in [-0.1, -0.05) is 22.0 Å². The van der Waals surface area contributed by atoms with Crippen LogP contribution in [0.1, 0.15) is 23.2 Å². The lowest BCUT2D eigenvalue weighted by Gasteiger charge is -2.06. The molecule has 108 valence electrons. The van der Waals surface area contributed by atoms with Crippen molar-refractivity contribution in [1.82, 2.24) is 4.57 Å². The van der Waals surface area contributed by atoms with E-state index in [0.717, 1.165) is 23.0 Å². The third kappa shape index (κ3) is 3.61. The van der Waals surface area contributed by atoms with Crippen molar-refractivity contribution >= 4 is 33.3 Å². The summed E-state index contributed by atoms with van der Waals surface area (Å²) in [5.41, 5.74) is 1.45. The highest BCUT2D eigenvalue weighted by atomic mass is 79.9. The van der Waals surface area contributed by atoms with E-state index in [1.165, 1.54) is 0 Å². The van der Waals surface area contributed by atoms with Crippen LogP contribution in [0, 0.1) is 5.92 Å². The zero-order valence-electron chi connectivity index (χ0n) is 11.4. The van der Waals surface area contributed by atoms with Crippen molar-refractivity contribution in [2.24, 2.45) is 5.92 Å². The molecule has 3 rings (SSSR count).